The van der Waals surface area contributed by atoms with Crippen LogP contribution in [0.5, 0.6) is 0 Å². The van der Waals surface area contributed by atoms with Gasteiger partial charge in [0, 0.05) is 29.1 Å². The van der Waals surface area contributed by atoms with Crippen molar-refractivity contribution in [1.29, 1.82) is 0 Å². The highest BCUT2D eigenvalue weighted by molar-refractivity contribution is 5.94. The molecule has 3 aromatic rings. The van der Waals surface area contributed by atoms with Crippen LogP contribution in [-0.4, -0.2) is 22.0 Å². The van der Waals surface area contributed by atoms with Crippen molar-refractivity contribution in [2.75, 3.05) is 5.32 Å². The monoisotopic (exact) mass is 348 g/mol. The normalized spacial score (nSPS) is 11.9. The predicted molar refractivity (Wildman–Crippen MR) is 101 cm³/mol. The highest BCUT2D eigenvalue weighted by Crippen LogP contribution is 2.25. The van der Waals surface area contributed by atoms with E-state index in [1.54, 1.807) is 6.07 Å². The lowest BCUT2D eigenvalue weighted by Gasteiger charge is -2.15. The van der Waals surface area contributed by atoms with Gasteiger partial charge in [0.2, 0.25) is 5.91 Å². The van der Waals surface area contributed by atoms with Crippen LogP contribution in [0.3, 0.4) is 0 Å². The molecule has 0 unspecified atom stereocenters. The van der Waals surface area contributed by atoms with Crippen LogP contribution in [0, 0.1) is 6.92 Å². The van der Waals surface area contributed by atoms with Crippen molar-refractivity contribution in [2.24, 2.45) is 0 Å². The van der Waals surface area contributed by atoms with Crippen molar-refractivity contribution in [1.82, 2.24) is 4.98 Å². The molecule has 1 amide bonds. The van der Waals surface area contributed by atoms with Gasteiger partial charge < -0.3 is 10.4 Å². The number of nitrogens with zero attached hydrogens (tertiary/aromatic N) is 1. The summed E-state index contributed by atoms with van der Waals surface area (Å²) in [5.74, 6) is -1.49. The summed E-state index contributed by atoms with van der Waals surface area (Å²) in [6.45, 7) is 1.93. The molecule has 3 rings (SSSR count). The molecule has 0 saturated heterocycles. The lowest BCUT2D eigenvalue weighted by Crippen LogP contribution is -2.17. The Morgan fingerprint density at radius 3 is 2.54 bits per heavy atom. The Hall–Kier alpha value is -3.21. The number of carbonyl (C=O) groups is 2. The minimum absolute atomic E-state index is 0.0850. The molecule has 5 nitrogen and oxygen atoms in total. The molecule has 0 aliphatic rings. The summed E-state index contributed by atoms with van der Waals surface area (Å²) in [5, 5.41) is 13.0. The second-order valence-electron chi connectivity index (χ2n) is 6.32. The predicted octanol–water partition coefficient (Wildman–Crippen LogP) is 4.13. The van der Waals surface area contributed by atoms with Crippen LogP contribution < -0.4 is 5.32 Å². The van der Waals surface area contributed by atoms with Crippen LogP contribution >= 0.6 is 0 Å². The topological polar surface area (TPSA) is 79.3 Å². The fourth-order valence-electron chi connectivity index (χ4n) is 2.98. The quantitative estimate of drug-likeness (QED) is 0.702. The van der Waals surface area contributed by atoms with Crippen LogP contribution in [0.2, 0.25) is 0 Å². The highest BCUT2D eigenvalue weighted by Gasteiger charge is 2.19. The summed E-state index contributed by atoms with van der Waals surface area (Å²) in [7, 11) is 0. The minimum Gasteiger partial charge on any atom is -0.481 e. The zero-order valence-electron chi connectivity index (χ0n) is 14.5. The third-order valence-corrected chi connectivity index (χ3v) is 4.24. The number of aromatic nitrogens is 1. The van der Waals surface area contributed by atoms with Crippen molar-refractivity contribution >= 4 is 28.5 Å². The highest BCUT2D eigenvalue weighted by atomic mass is 16.4. The number of carboxylic acids is 1. The number of pyridine rings is 1. The first-order valence-corrected chi connectivity index (χ1v) is 8.45. The van der Waals surface area contributed by atoms with Gasteiger partial charge in [-0.2, -0.15) is 0 Å². The zero-order valence-corrected chi connectivity index (χ0v) is 14.5. The SMILES string of the molecule is Cc1ccc2cc(NC(=O)C[C@@H](CC(=O)O)c3ccccc3)ccc2n1. The largest absolute Gasteiger partial charge is 0.481 e. The van der Waals surface area contributed by atoms with Gasteiger partial charge in [-0.15, -0.1) is 0 Å². The maximum absolute atomic E-state index is 12.4. The van der Waals surface area contributed by atoms with Gasteiger partial charge in [-0.1, -0.05) is 36.4 Å². The fourth-order valence-corrected chi connectivity index (χ4v) is 2.98. The minimum atomic E-state index is -0.918. The Balaban J connectivity index is 1.73. The van der Waals surface area contributed by atoms with Crippen LogP contribution in [0.1, 0.15) is 30.0 Å². The number of aliphatic carboxylic acids is 1. The number of benzene rings is 2. The van der Waals surface area contributed by atoms with Crippen LogP contribution in [0.15, 0.2) is 60.7 Å². The molecule has 26 heavy (non-hydrogen) atoms. The second kappa shape index (κ2) is 7.78. The molecule has 5 heteroatoms. The molecule has 0 aliphatic carbocycles. The molecule has 1 heterocycles. The number of fused-ring (bicyclic) bond motifs is 1. The molecule has 0 bridgehead atoms. The van der Waals surface area contributed by atoms with E-state index in [-0.39, 0.29) is 24.7 Å². The number of hydrogen-bond acceptors (Lipinski definition) is 3. The number of hydrogen-bond donors (Lipinski definition) is 2. The number of aryl methyl sites for hydroxylation is 1. The average Bonchev–Trinajstić information content (AvgIpc) is 2.61. The van der Waals surface area contributed by atoms with E-state index in [4.69, 9.17) is 5.11 Å². The number of nitrogens with one attached hydrogen (secondary N) is 1. The van der Waals surface area contributed by atoms with Crippen molar-refractivity contribution in [3.63, 3.8) is 0 Å². The first-order chi connectivity index (χ1) is 12.5. The van der Waals surface area contributed by atoms with E-state index in [9.17, 15) is 9.59 Å². The maximum Gasteiger partial charge on any atom is 0.303 e. The summed E-state index contributed by atoms with van der Waals surface area (Å²) < 4.78 is 0. The van der Waals surface area contributed by atoms with E-state index in [1.165, 1.54) is 0 Å². The first kappa shape index (κ1) is 17.6. The van der Waals surface area contributed by atoms with Gasteiger partial charge in [-0.05, 0) is 36.8 Å². The van der Waals surface area contributed by atoms with Gasteiger partial charge in [-0.25, -0.2) is 0 Å². The molecule has 0 radical (unpaired) electrons. The average molecular weight is 348 g/mol. The maximum atomic E-state index is 12.4. The van der Waals surface area contributed by atoms with E-state index < -0.39 is 5.97 Å². The van der Waals surface area contributed by atoms with Crippen molar-refractivity contribution in [2.45, 2.75) is 25.7 Å². The number of carboxylic acid groups (broad SMARTS) is 1. The van der Waals surface area contributed by atoms with Gasteiger partial charge in [0.15, 0.2) is 0 Å². The van der Waals surface area contributed by atoms with E-state index in [2.05, 4.69) is 10.3 Å². The summed E-state index contributed by atoms with van der Waals surface area (Å²) >= 11 is 0. The van der Waals surface area contributed by atoms with Gasteiger partial charge >= 0.3 is 5.97 Å². The van der Waals surface area contributed by atoms with Crippen molar-refractivity contribution in [3.05, 3.63) is 71.9 Å². The lowest BCUT2D eigenvalue weighted by molar-refractivity contribution is -0.137. The van der Waals surface area contributed by atoms with Crippen LogP contribution in [-0.2, 0) is 9.59 Å². The third kappa shape index (κ3) is 4.45. The molecule has 0 saturated carbocycles. The van der Waals surface area contributed by atoms with E-state index >= 15 is 0 Å². The van der Waals surface area contributed by atoms with Gasteiger partial charge in [0.25, 0.3) is 0 Å². The summed E-state index contributed by atoms with van der Waals surface area (Å²) in [6.07, 6.45) is 0.0266. The number of rotatable bonds is 6. The van der Waals surface area contributed by atoms with E-state index in [1.807, 2.05) is 61.5 Å². The molecule has 0 spiro atoms. The summed E-state index contributed by atoms with van der Waals surface area (Å²) in [6, 6.07) is 18.7. The van der Waals surface area contributed by atoms with Gasteiger partial charge in [-0.3, -0.25) is 14.6 Å². The van der Waals surface area contributed by atoms with Gasteiger partial charge in [0.1, 0.15) is 0 Å². The van der Waals surface area contributed by atoms with Crippen LogP contribution in [0.25, 0.3) is 10.9 Å². The zero-order chi connectivity index (χ0) is 18.5. The van der Waals surface area contributed by atoms with E-state index in [0.717, 1.165) is 22.2 Å². The number of amides is 1. The fraction of sp³-hybridized carbons (Fsp3) is 0.190. The van der Waals surface area contributed by atoms with Crippen LogP contribution in [0.4, 0.5) is 5.69 Å². The third-order valence-electron chi connectivity index (χ3n) is 4.24. The second-order valence-corrected chi connectivity index (χ2v) is 6.32. The smallest absolute Gasteiger partial charge is 0.303 e. The molecular weight excluding hydrogens is 328 g/mol. The molecule has 132 valence electrons. The van der Waals surface area contributed by atoms with Crippen molar-refractivity contribution < 1.29 is 14.7 Å². The van der Waals surface area contributed by atoms with E-state index in [0.29, 0.717) is 5.69 Å². The number of carbonyl (C=O) groups excluding carboxylic acids is 1. The summed E-state index contributed by atoms with van der Waals surface area (Å²) in [5.41, 5.74) is 3.34. The lowest BCUT2D eigenvalue weighted by atomic mass is 9.92. The Labute approximate surface area is 151 Å². The Bertz CT molecular complexity index is 938. The first-order valence-electron chi connectivity index (χ1n) is 8.45. The molecule has 2 aromatic carbocycles. The van der Waals surface area contributed by atoms with Gasteiger partial charge in [0.05, 0.1) is 11.9 Å². The molecule has 2 N–H and O–H groups in total. The standard InChI is InChI=1S/C21H20N2O3/c1-14-7-8-16-11-18(9-10-19(16)22-14)23-20(24)12-17(13-21(25)26)15-5-3-2-4-6-15/h2-11,17H,12-13H2,1H3,(H,23,24)(H,25,26)/t17-/m0/s1. The Morgan fingerprint density at radius 1 is 1.04 bits per heavy atom. The molecule has 0 fully saturated rings. The molecular formula is C21H20N2O3. The number of anilines is 1. The Morgan fingerprint density at radius 2 is 1.81 bits per heavy atom. The Kier molecular flexibility index (Phi) is 5.27. The molecule has 0 aliphatic heterocycles. The molecule has 1 aromatic heterocycles. The molecule has 1 atom stereocenters. The summed E-state index contributed by atoms with van der Waals surface area (Å²) in [4.78, 5) is 28.0. The van der Waals surface area contributed by atoms with Crippen molar-refractivity contribution in [3.8, 4) is 0 Å².